The third kappa shape index (κ3) is 2.04. The Hall–Kier alpha value is -2.14. The molecule has 0 heterocycles. The Morgan fingerprint density at radius 3 is 2.59 bits per heavy atom. The van der Waals surface area contributed by atoms with E-state index in [9.17, 15) is 9.90 Å². The van der Waals surface area contributed by atoms with Crippen LogP contribution in [0.3, 0.4) is 0 Å². The molecule has 22 heavy (non-hydrogen) atoms. The number of ether oxygens (including phenoxy) is 2. The molecule has 1 aromatic rings. The van der Waals surface area contributed by atoms with Gasteiger partial charge in [-0.25, -0.2) is 0 Å². The molecular weight excluding hydrogens is 306 g/mol. The number of carbonyl (C=O) groups excluding carboxylic acids is 1. The van der Waals surface area contributed by atoms with E-state index in [1.807, 2.05) is 6.08 Å². The highest BCUT2D eigenvalue weighted by molar-refractivity contribution is 6.34. The lowest BCUT2D eigenvalue weighted by atomic mass is 9.65. The number of aromatic hydroxyl groups is 1. The normalized spacial score (nSPS) is 23.1. The van der Waals surface area contributed by atoms with E-state index in [1.54, 1.807) is 6.07 Å². The molecule has 5 nitrogen and oxygen atoms in total. The summed E-state index contributed by atoms with van der Waals surface area (Å²) >= 11 is 6.13. The number of ketones is 1. The standard InChI is InChI=1S/C16H16ClNO4/c1-21-11-6-12(22-2)15(17)16(20)14(11)9-4-7-3-8(19)5-10(18)13(7)9/h4-7,13,20H,3,18H2,1-2H3/t7-,13?/m0/s1. The van der Waals surface area contributed by atoms with Crippen molar-refractivity contribution in [1.82, 2.24) is 0 Å². The molecule has 0 saturated heterocycles. The van der Waals surface area contributed by atoms with Crippen LogP contribution in [0.4, 0.5) is 0 Å². The van der Waals surface area contributed by atoms with Gasteiger partial charge >= 0.3 is 0 Å². The first-order chi connectivity index (χ1) is 10.5. The molecule has 0 aliphatic heterocycles. The minimum atomic E-state index is -0.104. The van der Waals surface area contributed by atoms with Crippen molar-refractivity contribution in [3.63, 3.8) is 0 Å². The topological polar surface area (TPSA) is 81.8 Å². The number of fused-ring (bicyclic) bond motifs is 1. The van der Waals surface area contributed by atoms with Crippen LogP contribution in [0.1, 0.15) is 12.0 Å². The lowest BCUT2D eigenvalue weighted by Gasteiger charge is -2.39. The predicted molar refractivity (Wildman–Crippen MR) is 83.1 cm³/mol. The van der Waals surface area contributed by atoms with Gasteiger partial charge in [-0.1, -0.05) is 17.7 Å². The van der Waals surface area contributed by atoms with Crippen molar-refractivity contribution in [2.24, 2.45) is 17.6 Å². The molecule has 6 heteroatoms. The number of phenols is 1. The molecular formula is C16H16ClNO4. The van der Waals surface area contributed by atoms with Crippen molar-refractivity contribution >= 4 is 23.0 Å². The Morgan fingerprint density at radius 1 is 1.32 bits per heavy atom. The van der Waals surface area contributed by atoms with Crippen LogP contribution < -0.4 is 15.2 Å². The van der Waals surface area contributed by atoms with Gasteiger partial charge in [0.1, 0.15) is 22.3 Å². The summed E-state index contributed by atoms with van der Waals surface area (Å²) < 4.78 is 10.5. The minimum absolute atomic E-state index is 0.0259. The third-order valence-electron chi connectivity index (χ3n) is 4.18. The van der Waals surface area contributed by atoms with E-state index >= 15 is 0 Å². The first kappa shape index (κ1) is 14.8. The zero-order chi connectivity index (χ0) is 16.0. The number of nitrogens with two attached hydrogens (primary N) is 1. The van der Waals surface area contributed by atoms with Crippen LogP contribution in [0.5, 0.6) is 17.2 Å². The number of benzene rings is 1. The van der Waals surface area contributed by atoms with Gasteiger partial charge in [0.15, 0.2) is 5.78 Å². The number of hydrogen-bond donors (Lipinski definition) is 2. The fraction of sp³-hybridized carbons (Fsp3) is 0.312. The van der Waals surface area contributed by atoms with E-state index in [0.717, 1.165) is 5.57 Å². The van der Waals surface area contributed by atoms with E-state index in [-0.39, 0.29) is 28.4 Å². The van der Waals surface area contributed by atoms with Crippen molar-refractivity contribution < 1.29 is 19.4 Å². The Kier molecular flexibility index (Phi) is 3.53. The molecule has 0 spiro atoms. The van der Waals surface area contributed by atoms with E-state index < -0.39 is 0 Å². The fourth-order valence-electron chi connectivity index (χ4n) is 3.14. The molecule has 3 rings (SSSR count). The van der Waals surface area contributed by atoms with Crippen molar-refractivity contribution in [2.45, 2.75) is 6.42 Å². The fourth-order valence-corrected chi connectivity index (χ4v) is 3.36. The number of allylic oxidation sites excluding steroid dienone is 3. The summed E-state index contributed by atoms with van der Waals surface area (Å²) in [7, 11) is 2.97. The smallest absolute Gasteiger partial charge is 0.158 e. The van der Waals surface area contributed by atoms with E-state index in [1.165, 1.54) is 20.3 Å². The average Bonchev–Trinajstić information content (AvgIpc) is 2.45. The van der Waals surface area contributed by atoms with Crippen LogP contribution in [-0.4, -0.2) is 25.1 Å². The minimum Gasteiger partial charge on any atom is -0.505 e. The van der Waals surface area contributed by atoms with Gasteiger partial charge in [0, 0.05) is 30.2 Å². The molecule has 1 aromatic carbocycles. The Balaban J connectivity index is 2.11. The van der Waals surface area contributed by atoms with Crippen LogP contribution in [0.2, 0.25) is 5.02 Å². The zero-order valence-corrected chi connectivity index (χ0v) is 13.0. The molecule has 0 bridgehead atoms. The maximum absolute atomic E-state index is 11.5. The van der Waals surface area contributed by atoms with E-state index in [0.29, 0.717) is 29.2 Å². The molecule has 0 aromatic heterocycles. The van der Waals surface area contributed by atoms with Crippen molar-refractivity contribution in [1.29, 1.82) is 0 Å². The van der Waals surface area contributed by atoms with Gasteiger partial charge in [0.2, 0.25) is 0 Å². The Bertz CT molecular complexity index is 723. The van der Waals surface area contributed by atoms with Crippen LogP contribution in [0.25, 0.3) is 5.57 Å². The van der Waals surface area contributed by atoms with Gasteiger partial charge in [0.05, 0.1) is 19.8 Å². The molecule has 0 saturated carbocycles. The summed E-state index contributed by atoms with van der Waals surface area (Å²) in [6, 6.07) is 1.62. The molecule has 0 fully saturated rings. The highest BCUT2D eigenvalue weighted by Crippen LogP contribution is 2.54. The zero-order valence-electron chi connectivity index (χ0n) is 12.2. The number of methoxy groups -OCH3 is 2. The second-order valence-electron chi connectivity index (χ2n) is 5.40. The van der Waals surface area contributed by atoms with Gasteiger partial charge in [-0.2, -0.15) is 0 Å². The first-order valence-corrected chi connectivity index (χ1v) is 7.21. The van der Waals surface area contributed by atoms with Crippen LogP contribution >= 0.6 is 11.6 Å². The summed E-state index contributed by atoms with van der Waals surface area (Å²) in [5, 5.41) is 10.5. The molecule has 2 aliphatic carbocycles. The number of rotatable bonds is 3. The maximum atomic E-state index is 11.5. The quantitative estimate of drug-likeness (QED) is 0.894. The average molecular weight is 322 g/mol. The number of hydrogen-bond acceptors (Lipinski definition) is 5. The Labute approximate surface area is 133 Å². The molecule has 2 aliphatic rings. The lowest BCUT2D eigenvalue weighted by Crippen LogP contribution is -2.34. The number of phenolic OH excluding ortho intramolecular Hbond substituents is 1. The SMILES string of the molecule is COc1cc(OC)c(C2=C[C@@H]3CC(=O)C=C(N)C23)c(O)c1Cl. The van der Waals surface area contributed by atoms with Gasteiger partial charge in [-0.3, -0.25) is 4.79 Å². The van der Waals surface area contributed by atoms with Crippen molar-refractivity contribution in [3.8, 4) is 17.2 Å². The second kappa shape index (κ2) is 5.25. The highest BCUT2D eigenvalue weighted by Gasteiger charge is 2.41. The van der Waals surface area contributed by atoms with Crippen LogP contribution in [0, 0.1) is 11.8 Å². The monoisotopic (exact) mass is 321 g/mol. The lowest BCUT2D eigenvalue weighted by molar-refractivity contribution is -0.116. The maximum Gasteiger partial charge on any atom is 0.158 e. The molecule has 0 radical (unpaired) electrons. The molecule has 116 valence electrons. The number of halogens is 1. The van der Waals surface area contributed by atoms with E-state index in [2.05, 4.69) is 0 Å². The second-order valence-corrected chi connectivity index (χ2v) is 5.77. The summed E-state index contributed by atoms with van der Waals surface area (Å²) in [6.07, 6.45) is 3.83. The predicted octanol–water partition coefficient (Wildman–Crippen LogP) is 2.51. The van der Waals surface area contributed by atoms with Crippen molar-refractivity contribution in [2.75, 3.05) is 14.2 Å². The Morgan fingerprint density at radius 2 is 2.00 bits per heavy atom. The highest BCUT2D eigenvalue weighted by atomic mass is 35.5. The molecule has 3 N–H and O–H groups in total. The number of carbonyl (C=O) groups is 1. The summed E-state index contributed by atoms with van der Waals surface area (Å²) in [5.74, 6) is 0.677. The van der Waals surface area contributed by atoms with Gasteiger partial charge in [0.25, 0.3) is 0 Å². The van der Waals surface area contributed by atoms with Gasteiger partial charge in [-0.15, -0.1) is 0 Å². The molecule has 0 amide bonds. The molecule has 2 atom stereocenters. The molecule has 1 unspecified atom stereocenters. The summed E-state index contributed by atoms with van der Waals surface area (Å²) in [5.41, 5.74) is 7.82. The summed E-state index contributed by atoms with van der Waals surface area (Å²) in [4.78, 5) is 11.5. The van der Waals surface area contributed by atoms with Crippen LogP contribution in [0.15, 0.2) is 23.9 Å². The van der Waals surface area contributed by atoms with Gasteiger partial charge in [-0.05, 0) is 11.5 Å². The largest absolute Gasteiger partial charge is 0.505 e. The van der Waals surface area contributed by atoms with Gasteiger partial charge < -0.3 is 20.3 Å². The third-order valence-corrected chi connectivity index (χ3v) is 4.54. The summed E-state index contributed by atoms with van der Waals surface area (Å²) in [6.45, 7) is 0. The van der Waals surface area contributed by atoms with E-state index in [4.69, 9.17) is 26.8 Å². The first-order valence-electron chi connectivity index (χ1n) is 6.83. The van der Waals surface area contributed by atoms with Crippen molar-refractivity contribution in [3.05, 3.63) is 34.5 Å². The van der Waals surface area contributed by atoms with Crippen LogP contribution in [-0.2, 0) is 4.79 Å².